The van der Waals surface area contributed by atoms with Gasteiger partial charge in [0.05, 0.1) is 0 Å². The quantitative estimate of drug-likeness (QED) is 0.400. The molecule has 2 radical (unpaired) electrons. The van der Waals surface area contributed by atoms with Crippen molar-refractivity contribution in [2.75, 3.05) is 9.80 Å². The number of hydrogen-bond donors (Lipinski definition) is 0. The fourth-order valence-electron chi connectivity index (χ4n) is 10.8. The molecule has 0 amide bonds. The van der Waals surface area contributed by atoms with Crippen LogP contribution in [-0.2, 0) is 0 Å². The average molecular weight is 465 g/mol. The number of para-hydroxylation sites is 2. The molecule has 0 unspecified atom stereocenters. The summed E-state index contributed by atoms with van der Waals surface area (Å²) >= 11 is 0. The first kappa shape index (κ1) is 21.2. The fourth-order valence-corrected chi connectivity index (χ4v) is 10.8. The van der Waals surface area contributed by atoms with Crippen LogP contribution in [-0.4, -0.2) is 11.1 Å². The van der Waals surface area contributed by atoms with Crippen molar-refractivity contribution in [3.05, 3.63) is 67.3 Å². The first-order valence-electron chi connectivity index (χ1n) is 14.6. The van der Waals surface area contributed by atoms with E-state index in [4.69, 9.17) is 0 Å². The lowest BCUT2D eigenvalue weighted by molar-refractivity contribution is -0.0106. The van der Waals surface area contributed by atoms with E-state index in [0.29, 0.717) is 0 Å². The normalized spacial score (nSPS) is 42.4. The molecule has 2 aromatic rings. The van der Waals surface area contributed by atoms with Gasteiger partial charge in [-0.05, 0) is 137 Å². The molecule has 2 aromatic carbocycles. The van der Waals surface area contributed by atoms with Gasteiger partial charge < -0.3 is 9.80 Å². The van der Waals surface area contributed by atoms with E-state index in [2.05, 4.69) is 77.1 Å². The summed E-state index contributed by atoms with van der Waals surface area (Å²) in [5.74, 6) is 5.58. The Balaban J connectivity index is 1.22. The third-order valence-electron chi connectivity index (χ3n) is 11.2. The zero-order valence-electron chi connectivity index (χ0n) is 21.1. The van der Waals surface area contributed by atoms with Gasteiger partial charge in [0, 0.05) is 22.5 Å². The van der Waals surface area contributed by atoms with E-state index in [-0.39, 0.29) is 11.1 Å². The van der Waals surface area contributed by atoms with Gasteiger partial charge in [0.1, 0.15) is 0 Å². The molecular formula is C33H40N2. The summed E-state index contributed by atoms with van der Waals surface area (Å²) < 4.78 is 0. The Hall–Kier alpha value is -1.96. The first-order chi connectivity index (χ1) is 17.2. The van der Waals surface area contributed by atoms with Gasteiger partial charge in [0.2, 0.25) is 6.67 Å². The van der Waals surface area contributed by atoms with Gasteiger partial charge in [-0.1, -0.05) is 36.4 Å². The molecule has 0 N–H and O–H groups in total. The first-order valence-corrected chi connectivity index (χ1v) is 14.6. The maximum absolute atomic E-state index is 4.27. The molecule has 0 saturated heterocycles. The SMILES string of the molecule is [C](N(c1ccccc1)C12CC3CC(CC(C3)C1)C2)N(c1ccccc1)C12CC3CC(CC(C3)C1)C2. The highest BCUT2D eigenvalue weighted by Crippen LogP contribution is 2.61. The minimum atomic E-state index is 0.255. The van der Waals surface area contributed by atoms with Crippen LogP contribution in [0.5, 0.6) is 0 Å². The Morgan fingerprint density at radius 2 is 0.743 bits per heavy atom. The second-order valence-electron chi connectivity index (χ2n) is 13.7. The van der Waals surface area contributed by atoms with Gasteiger partial charge in [-0.2, -0.15) is 0 Å². The minimum Gasteiger partial charge on any atom is -0.335 e. The van der Waals surface area contributed by atoms with Crippen molar-refractivity contribution in [2.24, 2.45) is 35.5 Å². The lowest BCUT2D eigenvalue weighted by Gasteiger charge is -2.64. The number of nitrogens with zero attached hydrogens (tertiary/aromatic N) is 2. The molecule has 8 saturated carbocycles. The largest absolute Gasteiger partial charge is 0.335 e. The summed E-state index contributed by atoms with van der Waals surface area (Å²) in [6.07, 6.45) is 17.1. The molecular weight excluding hydrogens is 424 g/mol. The van der Waals surface area contributed by atoms with Crippen molar-refractivity contribution >= 4 is 11.4 Å². The van der Waals surface area contributed by atoms with Crippen molar-refractivity contribution in [3.8, 4) is 0 Å². The van der Waals surface area contributed by atoms with Crippen molar-refractivity contribution in [1.29, 1.82) is 0 Å². The Labute approximate surface area is 212 Å². The van der Waals surface area contributed by atoms with E-state index in [1.165, 1.54) is 88.4 Å². The molecule has 0 aliphatic heterocycles. The van der Waals surface area contributed by atoms with E-state index in [1.54, 1.807) is 0 Å². The topological polar surface area (TPSA) is 6.48 Å². The Kier molecular flexibility index (Phi) is 4.70. The fraction of sp³-hybridized carbons (Fsp3) is 0.606. The van der Waals surface area contributed by atoms with Crippen LogP contribution in [0.15, 0.2) is 60.7 Å². The van der Waals surface area contributed by atoms with E-state index < -0.39 is 0 Å². The van der Waals surface area contributed by atoms with Crippen LogP contribution in [0.4, 0.5) is 11.4 Å². The Morgan fingerprint density at radius 3 is 1.03 bits per heavy atom. The van der Waals surface area contributed by atoms with E-state index in [9.17, 15) is 0 Å². The predicted octanol–water partition coefficient (Wildman–Crippen LogP) is 7.93. The molecule has 0 spiro atoms. The van der Waals surface area contributed by atoms with E-state index in [1.807, 2.05) is 0 Å². The summed E-state index contributed by atoms with van der Waals surface area (Å²) in [4.78, 5) is 5.42. The average Bonchev–Trinajstić information content (AvgIpc) is 2.84. The molecule has 8 aliphatic rings. The van der Waals surface area contributed by atoms with Gasteiger partial charge in [-0.3, -0.25) is 0 Å². The van der Waals surface area contributed by atoms with E-state index >= 15 is 0 Å². The number of rotatable bonds is 6. The lowest BCUT2D eigenvalue weighted by atomic mass is 9.52. The molecule has 0 heterocycles. The monoisotopic (exact) mass is 464 g/mol. The summed E-state index contributed by atoms with van der Waals surface area (Å²) in [7, 11) is 0. The van der Waals surface area contributed by atoms with Gasteiger partial charge in [-0.25, -0.2) is 0 Å². The van der Waals surface area contributed by atoms with Crippen LogP contribution in [0.1, 0.15) is 77.0 Å². The molecule has 182 valence electrons. The number of hydrogen-bond acceptors (Lipinski definition) is 2. The van der Waals surface area contributed by atoms with Crippen LogP contribution in [0.2, 0.25) is 0 Å². The number of benzene rings is 2. The zero-order chi connectivity index (χ0) is 23.0. The van der Waals surface area contributed by atoms with Crippen LogP contribution < -0.4 is 9.80 Å². The third-order valence-corrected chi connectivity index (χ3v) is 11.2. The highest BCUT2D eigenvalue weighted by molar-refractivity contribution is 5.59. The third kappa shape index (κ3) is 3.41. The molecule has 0 atom stereocenters. The molecule has 2 heteroatoms. The number of anilines is 2. The van der Waals surface area contributed by atoms with Gasteiger partial charge in [0.25, 0.3) is 0 Å². The lowest BCUT2D eigenvalue weighted by Crippen LogP contribution is -2.65. The highest BCUT2D eigenvalue weighted by Gasteiger charge is 2.57. The highest BCUT2D eigenvalue weighted by atomic mass is 15.4. The second kappa shape index (κ2) is 7.77. The summed E-state index contributed by atoms with van der Waals surface area (Å²) in [6.45, 7) is 4.27. The summed E-state index contributed by atoms with van der Waals surface area (Å²) in [5.41, 5.74) is 3.23. The molecule has 10 rings (SSSR count). The van der Waals surface area contributed by atoms with Crippen LogP contribution >= 0.6 is 0 Å². The van der Waals surface area contributed by atoms with E-state index in [0.717, 1.165) is 35.5 Å². The van der Waals surface area contributed by atoms with Crippen molar-refractivity contribution < 1.29 is 0 Å². The predicted molar refractivity (Wildman–Crippen MR) is 143 cm³/mol. The van der Waals surface area contributed by atoms with Crippen LogP contribution in [0.3, 0.4) is 0 Å². The molecule has 35 heavy (non-hydrogen) atoms. The van der Waals surface area contributed by atoms with Crippen molar-refractivity contribution in [2.45, 2.75) is 88.1 Å². The van der Waals surface area contributed by atoms with Crippen molar-refractivity contribution in [3.63, 3.8) is 0 Å². The molecule has 2 nitrogen and oxygen atoms in total. The summed E-state index contributed by atoms with van der Waals surface area (Å²) in [6, 6.07) is 22.7. The second-order valence-corrected chi connectivity index (χ2v) is 13.7. The smallest absolute Gasteiger partial charge is 0.209 e. The summed E-state index contributed by atoms with van der Waals surface area (Å²) in [5, 5.41) is 0. The molecule has 8 aliphatic carbocycles. The Morgan fingerprint density at radius 1 is 0.457 bits per heavy atom. The molecule has 0 aromatic heterocycles. The Bertz CT molecular complexity index is 903. The van der Waals surface area contributed by atoms with Crippen LogP contribution in [0, 0.1) is 42.2 Å². The molecule has 8 fully saturated rings. The maximum atomic E-state index is 4.27. The standard InChI is InChI=1S/C33H40N2/c1-3-7-30(8-4-1)34(32-17-24-11-25(18-32)13-26(12-24)19-32)23-35(31-9-5-2-6-10-31)33-20-27-14-28(21-33)16-29(15-27)22-33/h1-10,24-29H,11-22H2. The van der Waals surface area contributed by atoms with Gasteiger partial charge >= 0.3 is 0 Å². The minimum absolute atomic E-state index is 0.255. The molecule has 8 bridgehead atoms. The zero-order valence-corrected chi connectivity index (χ0v) is 21.1. The van der Waals surface area contributed by atoms with Crippen molar-refractivity contribution in [1.82, 2.24) is 0 Å². The van der Waals surface area contributed by atoms with Gasteiger partial charge in [-0.15, -0.1) is 0 Å². The maximum Gasteiger partial charge on any atom is 0.209 e. The van der Waals surface area contributed by atoms with Gasteiger partial charge in [0.15, 0.2) is 0 Å². The van der Waals surface area contributed by atoms with Crippen LogP contribution in [0.25, 0.3) is 0 Å².